The van der Waals surface area contributed by atoms with E-state index in [9.17, 15) is 0 Å². The van der Waals surface area contributed by atoms with E-state index in [2.05, 4.69) is 6.92 Å². The molecule has 0 aromatic carbocycles. The summed E-state index contributed by atoms with van der Waals surface area (Å²) in [5.41, 5.74) is 5.29. The van der Waals surface area contributed by atoms with Crippen LogP contribution in [0.1, 0.15) is 34.1 Å². The van der Waals surface area contributed by atoms with Crippen molar-refractivity contribution in [3.63, 3.8) is 0 Å². The maximum Gasteiger partial charge on any atom is 0.000781 e. The molecule has 0 aliphatic heterocycles. The van der Waals surface area contributed by atoms with Gasteiger partial charge in [-0.15, -0.1) is 0 Å². The summed E-state index contributed by atoms with van der Waals surface area (Å²) in [7, 11) is 0. The van der Waals surface area contributed by atoms with E-state index in [-0.39, 0.29) is 0 Å². The van der Waals surface area contributed by atoms with E-state index in [1.807, 2.05) is 20.8 Å². The first kappa shape index (κ1) is 10.0. The summed E-state index contributed by atoms with van der Waals surface area (Å²) < 4.78 is 0. The van der Waals surface area contributed by atoms with Crippen LogP contribution < -0.4 is 5.73 Å². The third-order valence-corrected chi connectivity index (χ3v) is 0.644. The third kappa shape index (κ3) is 24.3. The van der Waals surface area contributed by atoms with Crippen molar-refractivity contribution >= 4 is 0 Å². The summed E-state index contributed by atoms with van der Waals surface area (Å²) in [6.45, 7) is 8.07. The van der Waals surface area contributed by atoms with Crippen LogP contribution >= 0.6 is 0 Å². The summed E-state index contributed by atoms with van der Waals surface area (Å²) in [4.78, 5) is 0. The summed E-state index contributed by atoms with van der Waals surface area (Å²) in [5, 5.41) is 0. The van der Waals surface area contributed by atoms with Crippen molar-refractivity contribution in [2.24, 2.45) is 5.73 Å². The lowest BCUT2D eigenvalue weighted by molar-refractivity contribution is 0.715. The fraction of sp³-hybridized carbons (Fsp3) is 1.00. The van der Waals surface area contributed by atoms with Crippen molar-refractivity contribution in [2.75, 3.05) is 0 Å². The van der Waals surface area contributed by atoms with Crippen LogP contribution in [-0.2, 0) is 0 Å². The van der Waals surface area contributed by atoms with E-state index >= 15 is 0 Å². The van der Waals surface area contributed by atoms with E-state index < -0.39 is 0 Å². The zero-order valence-corrected chi connectivity index (χ0v) is 5.86. The molecule has 0 amide bonds. The highest BCUT2D eigenvalue weighted by Gasteiger charge is 1.79. The summed E-state index contributed by atoms with van der Waals surface area (Å²) in [5.74, 6) is 0. The van der Waals surface area contributed by atoms with Gasteiger partial charge in [0.2, 0.25) is 0 Å². The molecular weight excluding hydrogens is 86.1 g/mol. The summed E-state index contributed by atoms with van der Waals surface area (Å²) in [6, 6.07) is 0.384. The van der Waals surface area contributed by atoms with E-state index in [0.717, 1.165) is 6.42 Å². The highest BCUT2D eigenvalue weighted by molar-refractivity contribution is 4.43. The van der Waals surface area contributed by atoms with Gasteiger partial charge in [0.1, 0.15) is 0 Å². The normalized spacial score (nSPS) is 11.6. The van der Waals surface area contributed by atoms with Gasteiger partial charge in [0.25, 0.3) is 0 Å². The Kier molecular flexibility index (Phi) is 13.4. The van der Waals surface area contributed by atoms with Crippen LogP contribution in [0.2, 0.25) is 0 Å². The van der Waals surface area contributed by atoms with Gasteiger partial charge < -0.3 is 5.73 Å². The first-order chi connectivity index (χ1) is 3.27. The van der Waals surface area contributed by atoms with Gasteiger partial charge >= 0.3 is 0 Å². The number of hydrogen-bond acceptors (Lipinski definition) is 1. The van der Waals surface area contributed by atoms with Gasteiger partial charge in [0, 0.05) is 6.04 Å². The quantitative estimate of drug-likeness (QED) is 0.537. The van der Waals surface area contributed by atoms with Crippen LogP contribution in [0.5, 0.6) is 0 Å². The third-order valence-electron chi connectivity index (χ3n) is 0.644. The molecule has 0 heterocycles. The highest BCUT2D eigenvalue weighted by Crippen LogP contribution is 1.77. The Balaban J connectivity index is 0. The highest BCUT2D eigenvalue weighted by atomic mass is 14.6. The molecule has 2 N–H and O–H groups in total. The van der Waals surface area contributed by atoms with Crippen LogP contribution in [0, 0.1) is 0 Å². The van der Waals surface area contributed by atoms with Gasteiger partial charge in [0.15, 0.2) is 0 Å². The smallest absolute Gasteiger partial charge is 0.000781 e. The molecule has 7 heavy (non-hydrogen) atoms. The fourth-order valence-corrected chi connectivity index (χ4v) is 0. The second-order valence-corrected chi connectivity index (χ2v) is 1.39. The molecule has 0 aliphatic rings. The van der Waals surface area contributed by atoms with Crippen molar-refractivity contribution in [3.8, 4) is 0 Å². The Morgan fingerprint density at radius 2 is 1.57 bits per heavy atom. The van der Waals surface area contributed by atoms with E-state index in [0.29, 0.717) is 6.04 Å². The second-order valence-electron chi connectivity index (χ2n) is 1.39. The van der Waals surface area contributed by atoms with Gasteiger partial charge in [0.05, 0.1) is 0 Å². The molecule has 1 atom stereocenters. The maximum absolute atomic E-state index is 5.29. The number of hydrogen-bond donors (Lipinski definition) is 1. The van der Waals surface area contributed by atoms with Crippen LogP contribution in [0.15, 0.2) is 0 Å². The molecule has 0 aliphatic carbocycles. The van der Waals surface area contributed by atoms with Gasteiger partial charge in [-0.25, -0.2) is 0 Å². The van der Waals surface area contributed by atoms with E-state index in [4.69, 9.17) is 5.73 Å². The Bertz CT molecular complexity index is 18.1. The lowest BCUT2D eigenvalue weighted by Gasteiger charge is -1.91. The molecule has 0 saturated carbocycles. The molecule has 0 spiro atoms. The molecular formula is C6H17N. The maximum atomic E-state index is 5.29. The molecule has 0 radical (unpaired) electrons. The molecule has 1 unspecified atom stereocenters. The second kappa shape index (κ2) is 9.35. The average molecular weight is 103 g/mol. The first-order valence-corrected chi connectivity index (χ1v) is 3.03. The predicted octanol–water partition coefficient (Wildman–Crippen LogP) is 1.77. The molecule has 1 nitrogen and oxygen atoms in total. The van der Waals surface area contributed by atoms with Gasteiger partial charge in [-0.3, -0.25) is 0 Å². The lowest BCUT2D eigenvalue weighted by atomic mass is 10.3. The zero-order chi connectivity index (χ0) is 6.28. The topological polar surface area (TPSA) is 26.0 Å². The molecule has 0 fully saturated rings. The molecule has 1 heteroatoms. The number of rotatable bonds is 1. The van der Waals surface area contributed by atoms with Crippen LogP contribution in [0.4, 0.5) is 0 Å². The van der Waals surface area contributed by atoms with E-state index in [1.54, 1.807) is 0 Å². The summed E-state index contributed by atoms with van der Waals surface area (Å²) >= 11 is 0. The molecule has 0 aromatic heterocycles. The van der Waals surface area contributed by atoms with Gasteiger partial charge in [-0.2, -0.15) is 0 Å². The van der Waals surface area contributed by atoms with Crippen molar-refractivity contribution in [1.82, 2.24) is 0 Å². The predicted molar refractivity (Wildman–Crippen MR) is 35.3 cm³/mol. The molecule has 0 aromatic rings. The minimum absolute atomic E-state index is 0.384. The van der Waals surface area contributed by atoms with Crippen molar-refractivity contribution in [3.05, 3.63) is 0 Å². The molecule has 46 valence electrons. The van der Waals surface area contributed by atoms with Crippen molar-refractivity contribution < 1.29 is 0 Å². The van der Waals surface area contributed by atoms with Gasteiger partial charge in [-0.05, 0) is 13.3 Å². The van der Waals surface area contributed by atoms with Crippen molar-refractivity contribution in [2.45, 2.75) is 40.2 Å². The SMILES string of the molecule is CC.CCC(C)N. The summed E-state index contributed by atoms with van der Waals surface area (Å²) in [6.07, 6.45) is 1.08. The van der Waals surface area contributed by atoms with Crippen molar-refractivity contribution in [1.29, 1.82) is 0 Å². The average Bonchev–Trinajstić information content (AvgIpc) is 1.73. The molecule has 0 saturated heterocycles. The van der Waals surface area contributed by atoms with Gasteiger partial charge in [-0.1, -0.05) is 20.8 Å². The largest absolute Gasteiger partial charge is 0.328 e. The number of nitrogens with two attached hydrogens (primary N) is 1. The minimum Gasteiger partial charge on any atom is -0.328 e. The molecule has 0 bridgehead atoms. The Hall–Kier alpha value is -0.0400. The Morgan fingerprint density at radius 3 is 1.57 bits per heavy atom. The van der Waals surface area contributed by atoms with E-state index in [1.165, 1.54) is 0 Å². The monoisotopic (exact) mass is 103 g/mol. The fourth-order valence-electron chi connectivity index (χ4n) is 0. The molecule has 0 rings (SSSR count). The Morgan fingerprint density at radius 1 is 1.43 bits per heavy atom. The van der Waals surface area contributed by atoms with Crippen LogP contribution in [0.25, 0.3) is 0 Å². The van der Waals surface area contributed by atoms with Crippen LogP contribution in [-0.4, -0.2) is 6.04 Å². The van der Waals surface area contributed by atoms with Crippen LogP contribution in [0.3, 0.4) is 0 Å². The standard InChI is InChI=1S/C4H11N.C2H6/c1-3-4(2)5;1-2/h4H,3,5H2,1-2H3;1-2H3. The minimum atomic E-state index is 0.384. The lowest BCUT2D eigenvalue weighted by Crippen LogP contribution is -2.11. The zero-order valence-electron chi connectivity index (χ0n) is 5.86. The first-order valence-electron chi connectivity index (χ1n) is 3.03. The Labute approximate surface area is 46.9 Å².